The van der Waals surface area contributed by atoms with Crippen molar-refractivity contribution in [3.63, 3.8) is 0 Å². The molecule has 0 amide bonds. The molecule has 0 aliphatic carbocycles. The smallest absolute Gasteiger partial charge is 0.338 e. The van der Waals surface area contributed by atoms with Crippen LogP contribution in [0.25, 0.3) is 0 Å². The summed E-state index contributed by atoms with van der Waals surface area (Å²) in [6, 6.07) is 7.44. The highest BCUT2D eigenvalue weighted by molar-refractivity contribution is 5.89. The summed E-state index contributed by atoms with van der Waals surface area (Å²) in [7, 11) is 0. The first-order valence-electron chi connectivity index (χ1n) is 7.25. The number of ether oxygens (including phenoxy) is 1. The van der Waals surface area contributed by atoms with E-state index < -0.39 is 0 Å². The molecule has 112 valence electrons. The topological polar surface area (TPSA) is 52.3 Å². The Kier molecular flexibility index (Phi) is 5.75. The maximum atomic E-state index is 11.7. The van der Waals surface area contributed by atoms with Gasteiger partial charge in [0, 0.05) is 6.04 Å². The van der Waals surface area contributed by atoms with Crippen molar-refractivity contribution in [3.8, 4) is 0 Å². The monoisotopic (exact) mass is 277 g/mol. The third kappa shape index (κ3) is 5.74. The Balaban J connectivity index is 2.64. The van der Waals surface area contributed by atoms with Crippen LogP contribution < -0.4 is 5.73 Å². The summed E-state index contributed by atoms with van der Waals surface area (Å²) in [5, 5.41) is 0. The highest BCUT2D eigenvalue weighted by Gasteiger charge is 2.15. The molecular formula is C17H27NO2. The number of rotatable bonds is 5. The molecule has 1 rings (SSSR count). The Morgan fingerprint density at radius 2 is 1.75 bits per heavy atom. The fourth-order valence-electron chi connectivity index (χ4n) is 1.90. The summed E-state index contributed by atoms with van der Waals surface area (Å²) in [6.45, 7) is 10.3. The van der Waals surface area contributed by atoms with Crippen LogP contribution >= 0.6 is 0 Å². The van der Waals surface area contributed by atoms with Crippen molar-refractivity contribution < 1.29 is 9.53 Å². The second-order valence-corrected chi connectivity index (χ2v) is 6.78. The number of carbonyl (C=O) groups is 1. The predicted molar refractivity (Wildman–Crippen MR) is 82.6 cm³/mol. The maximum absolute atomic E-state index is 11.7. The molecule has 0 aliphatic rings. The van der Waals surface area contributed by atoms with E-state index in [1.807, 2.05) is 26.0 Å². The van der Waals surface area contributed by atoms with Gasteiger partial charge in [0.2, 0.25) is 0 Å². The molecule has 3 heteroatoms. The van der Waals surface area contributed by atoms with Crippen LogP contribution in [-0.4, -0.2) is 12.1 Å². The molecular weight excluding hydrogens is 250 g/mol. The first-order valence-corrected chi connectivity index (χ1v) is 7.25. The van der Waals surface area contributed by atoms with Crippen LogP contribution in [-0.2, 0) is 4.74 Å². The van der Waals surface area contributed by atoms with Crippen LogP contribution in [0.15, 0.2) is 24.3 Å². The van der Waals surface area contributed by atoms with Crippen LogP contribution in [0.3, 0.4) is 0 Å². The molecule has 0 spiro atoms. The first-order chi connectivity index (χ1) is 9.19. The lowest BCUT2D eigenvalue weighted by Crippen LogP contribution is -2.15. The molecule has 0 saturated carbocycles. The SMILES string of the molecule is CC(C)OC(=O)c1ccc([C@@H](N)CCC(C)(C)C)cc1. The highest BCUT2D eigenvalue weighted by Crippen LogP contribution is 2.26. The fourth-order valence-corrected chi connectivity index (χ4v) is 1.90. The highest BCUT2D eigenvalue weighted by atomic mass is 16.5. The van der Waals surface area contributed by atoms with Gasteiger partial charge in [0.15, 0.2) is 0 Å². The largest absolute Gasteiger partial charge is 0.459 e. The van der Waals surface area contributed by atoms with Crippen LogP contribution in [0, 0.1) is 5.41 Å². The van der Waals surface area contributed by atoms with Gasteiger partial charge < -0.3 is 10.5 Å². The minimum Gasteiger partial charge on any atom is -0.459 e. The summed E-state index contributed by atoms with van der Waals surface area (Å²) in [4.78, 5) is 11.7. The zero-order chi connectivity index (χ0) is 15.3. The van der Waals surface area contributed by atoms with Gasteiger partial charge in [-0.15, -0.1) is 0 Å². The zero-order valence-corrected chi connectivity index (χ0v) is 13.3. The minimum absolute atomic E-state index is 0.0180. The average Bonchev–Trinajstić information content (AvgIpc) is 2.34. The van der Waals surface area contributed by atoms with Crippen LogP contribution in [0.5, 0.6) is 0 Å². The molecule has 1 aromatic carbocycles. The molecule has 0 unspecified atom stereocenters. The molecule has 1 aromatic rings. The number of nitrogens with two attached hydrogens (primary N) is 1. The average molecular weight is 277 g/mol. The maximum Gasteiger partial charge on any atom is 0.338 e. The number of carbonyl (C=O) groups excluding carboxylic acids is 1. The summed E-state index contributed by atoms with van der Waals surface area (Å²) in [5.41, 5.74) is 8.12. The van der Waals surface area contributed by atoms with Gasteiger partial charge in [-0.05, 0) is 49.8 Å². The number of hydrogen-bond acceptors (Lipinski definition) is 3. The molecule has 0 bridgehead atoms. The van der Waals surface area contributed by atoms with Gasteiger partial charge in [-0.25, -0.2) is 4.79 Å². The summed E-state index contributed by atoms with van der Waals surface area (Å²) >= 11 is 0. The van der Waals surface area contributed by atoms with Crippen molar-refractivity contribution in [2.45, 2.75) is 59.6 Å². The Labute approximate surface area is 122 Å². The van der Waals surface area contributed by atoms with E-state index >= 15 is 0 Å². The first kappa shape index (κ1) is 16.7. The van der Waals surface area contributed by atoms with E-state index in [0.717, 1.165) is 18.4 Å². The second kappa shape index (κ2) is 6.89. The van der Waals surface area contributed by atoms with Crippen LogP contribution in [0.4, 0.5) is 0 Å². The van der Waals surface area contributed by atoms with Gasteiger partial charge in [-0.3, -0.25) is 0 Å². The third-order valence-electron chi connectivity index (χ3n) is 3.12. The Bertz CT molecular complexity index is 429. The Morgan fingerprint density at radius 3 is 2.20 bits per heavy atom. The van der Waals surface area contributed by atoms with Crippen molar-refractivity contribution in [2.75, 3.05) is 0 Å². The van der Waals surface area contributed by atoms with E-state index in [0.29, 0.717) is 11.0 Å². The van der Waals surface area contributed by atoms with Gasteiger partial charge in [0.05, 0.1) is 11.7 Å². The van der Waals surface area contributed by atoms with Gasteiger partial charge >= 0.3 is 5.97 Å². The van der Waals surface area contributed by atoms with E-state index in [-0.39, 0.29) is 18.1 Å². The molecule has 0 radical (unpaired) electrons. The molecule has 1 atom stereocenters. The quantitative estimate of drug-likeness (QED) is 0.825. The van der Waals surface area contributed by atoms with Crippen molar-refractivity contribution in [1.29, 1.82) is 0 Å². The fraction of sp³-hybridized carbons (Fsp3) is 0.588. The molecule has 0 aliphatic heterocycles. The number of hydrogen-bond donors (Lipinski definition) is 1. The van der Waals surface area contributed by atoms with Crippen LogP contribution in [0.2, 0.25) is 0 Å². The molecule has 2 N–H and O–H groups in total. The lowest BCUT2D eigenvalue weighted by atomic mass is 9.87. The van der Waals surface area contributed by atoms with Gasteiger partial charge in [-0.1, -0.05) is 32.9 Å². The summed E-state index contributed by atoms with van der Waals surface area (Å²) < 4.78 is 5.16. The van der Waals surface area contributed by atoms with Gasteiger partial charge in [0.25, 0.3) is 0 Å². The van der Waals surface area contributed by atoms with Crippen molar-refractivity contribution in [1.82, 2.24) is 0 Å². The standard InChI is InChI=1S/C17H27NO2/c1-12(2)20-16(19)14-8-6-13(7-9-14)15(18)10-11-17(3,4)5/h6-9,12,15H,10-11,18H2,1-5H3/t15-/m0/s1. The minimum atomic E-state index is -0.283. The lowest BCUT2D eigenvalue weighted by Gasteiger charge is -2.21. The summed E-state index contributed by atoms with van der Waals surface area (Å²) in [6.07, 6.45) is 1.92. The van der Waals surface area contributed by atoms with Crippen LogP contribution in [0.1, 0.15) is 69.4 Å². The Morgan fingerprint density at radius 1 is 1.20 bits per heavy atom. The van der Waals surface area contributed by atoms with Crippen molar-refractivity contribution >= 4 is 5.97 Å². The van der Waals surface area contributed by atoms with E-state index in [1.54, 1.807) is 12.1 Å². The van der Waals surface area contributed by atoms with Gasteiger partial charge in [-0.2, -0.15) is 0 Å². The molecule has 3 nitrogen and oxygen atoms in total. The molecule has 0 heterocycles. The Hall–Kier alpha value is -1.35. The molecule has 0 aromatic heterocycles. The van der Waals surface area contributed by atoms with E-state index in [2.05, 4.69) is 20.8 Å². The zero-order valence-electron chi connectivity index (χ0n) is 13.3. The number of esters is 1. The van der Waals surface area contributed by atoms with E-state index in [1.165, 1.54) is 0 Å². The molecule has 0 saturated heterocycles. The second-order valence-electron chi connectivity index (χ2n) is 6.78. The summed E-state index contributed by atoms with van der Waals surface area (Å²) in [5.74, 6) is -0.283. The lowest BCUT2D eigenvalue weighted by molar-refractivity contribution is 0.0378. The molecule has 0 fully saturated rings. The predicted octanol–water partition coefficient (Wildman–Crippen LogP) is 4.08. The van der Waals surface area contributed by atoms with Crippen molar-refractivity contribution in [2.24, 2.45) is 11.1 Å². The van der Waals surface area contributed by atoms with Crippen molar-refractivity contribution in [3.05, 3.63) is 35.4 Å². The van der Waals surface area contributed by atoms with E-state index in [9.17, 15) is 4.79 Å². The number of benzene rings is 1. The third-order valence-corrected chi connectivity index (χ3v) is 3.12. The van der Waals surface area contributed by atoms with E-state index in [4.69, 9.17) is 10.5 Å². The normalized spacial score (nSPS) is 13.3. The van der Waals surface area contributed by atoms with Gasteiger partial charge in [0.1, 0.15) is 0 Å². The molecule has 20 heavy (non-hydrogen) atoms.